The Hall–Kier alpha value is -1.69. The first-order chi connectivity index (χ1) is 7.60. The van der Waals surface area contributed by atoms with Crippen LogP contribution in [0.25, 0.3) is 0 Å². The topological polar surface area (TPSA) is 84.1 Å². The van der Waals surface area contributed by atoms with Gasteiger partial charge in [0.15, 0.2) is 5.82 Å². The standard InChI is InChI=1S/C10H17N5O/c1-4-7(2)15(3)10(16)8-5-12-6-9(13-8)14-11/h5-7H,4,11H2,1-3H3,(H,13,14). The van der Waals surface area contributed by atoms with Crippen molar-refractivity contribution in [1.82, 2.24) is 14.9 Å². The van der Waals surface area contributed by atoms with E-state index in [1.165, 1.54) is 12.4 Å². The molecule has 0 saturated heterocycles. The Balaban J connectivity index is 2.87. The zero-order chi connectivity index (χ0) is 12.1. The van der Waals surface area contributed by atoms with E-state index in [1.54, 1.807) is 11.9 Å². The molecule has 3 N–H and O–H groups in total. The second kappa shape index (κ2) is 5.41. The third-order valence-corrected chi connectivity index (χ3v) is 2.57. The Morgan fingerprint density at radius 1 is 1.62 bits per heavy atom. The highest BCUT2D eigenvalue weighted by Crippen LogP contribution is 2.07. The number of rotatable bonds is 4. The van der Waals surface area contributed by atoms with Crippen LogP contribution in [0.2, 0.25) is 0 Å². The van der Waals surface area contributed by atoms with Crippen molar-refractivity contribution < 1.29 is 4.79 Å². The van der Waals surface area contributed by atoms with E-state index in [1.807, 2.05) is 13.8 Å². The van der Waals surface area contributed by atoms with Crippen LogP contribution in [0, 0.1) is 0 Å². The lowest BCUT2D eigenvalue weighted by molar-refractivity contribution is 0.0734. The first-order valence-corrected chi connectivity index (χ1v) is 5.16. The lowest BCUT2D eigenvalue weighted by Crippen LogP contribution is -2.35. The monoisotopic (exact) mass is 223 g/mol. The van der Waals surface area contributed by atoms with Gasteiger partial charge in [0.1, 0.15) is 5.69 Å². The molecule has 0 aliphatic heterocycles. The number of nitrogens with two attached hydrogens (primary N) is 1. The summed E-state index contributed by atoms with van der Waals surface area (Å²) in [5.74, 6) is 5.43. The van der Waals surface area contributed by atoms with Crippen LogP contribution in [0.15, 0.2) is 12.4 Å². The molecule has 1 atom stereocenters. The fraction of sp³-hybridized carbons (Fsp3) is 0.500. The van der Waals surface area contributed by atoms with Gasteiger partial charge in [-0.2, -0.15) is 0 Å². The molecular weight excluding hydrogens is 206 g/mol. The Morgan fingerprint density at radius 3 is 2.88 bits per heavy atom. The fourth-order valence-electron chi connectivity index (χ4n) is 1.19. The van der Waals surface area contributed by atoms with E-state index in [9.17, 15) is 4.79 Å². The molecule has 0 aromatic carbocycles. The lowest BCUT2D eigenvalue weighted by atomic mass is 10.2. The number of carbonyl (C=O) groups excluding carboxylic acids is 1. The van der Waals surface area contributed by atoms with Gasteiger partial charge in [-0.1, -0.05) is 6.92 Å². The summed E-state index contributed by atoms with van der Waals surface area (Å²) < 4.78 is 0. The van der Waals surface area contributed by atoms with Crippen LogP contribution >= 0.6 is 0 Å². The van der Waals surface area contributed by atoms with E-state index in [0.29, 0.717) is 11.5 Å². The number of hydrogen-bond acceptors (Lipinski definition) is 5. The third-order valence-electron chi connectivity index (χ3n) is 2.57. The van der Waals surface area contributed by atoms with Crippen LogP contribution in [-0.2, 0) is 0 Å². The summed E-state index contributed by atoms with van der Waals surface area (Å²) in [6.45, 7) is 4.01. The Kier molecular flexibility index (Phi) is 4.19. The van der Waals surface area contributed by atoms with Crippen LogP contribution in [0.5, 0.6) is 0 Å². The highest BCUT2D eigenvalue weighted by molar-refractivity contribution is 5.92. The summed E-state index contributed by atoms with van der Waals surface area (Å²) in [7, 11) is 1.75. The molecule has 0 bridgehead atoms. The smallest absolute Gasteiger partial charge is 0.274 e. The minimum Gasteiger partial charge on any atom is -0.338 e. The van der Waals surface area contributed by atoms with Gasteiger partial charge in [0, 0.05) is 13.1 Å². The normalized spacial score (nSPS) is 12.0. The van der Waals surface area contributed by atoms with Crippen molar-refractivity contribution in [1.29, 1.82) is 0 Å². The van der Waals surface area contributed by atoms with Crippen molar-refractivity contribution in [3.05, 3.63) is 18.1 Å². The average molecular weight is 223 g/mol. The molecule has 0 aliphatic rings. The predicted molar refractivity (Wildman–Crippen MR) is 61.7 cm³/mol. The molecule has 1 heterocycles. The molecule has 16 heavy (non-hydrogen) atoms. The van der Waals surface area contributed by atoms with Crippen LogP contribution in [0.3, 0.4) is 0 Å². The molecule has 1 unspecified atom stereocenters. The predicted octanol–water partition coefficient (Wildman–Crippen LogP) is 0.633. The molecule has 1 rings (SSSR count). The highest BCUT2D eigenvalue weighted by atomic mass is 16.2. The van der Waals surface area contributed by atoms with Gasteiger partial charge in [-0.25, -0.2) is 10.8 Å². The van der Waals surface area contributed by atoms with Crippen molar-refractivity contribution in [3.8, 4) is 0 Å². The van der Waals surface area contributed by atoms with Gasteiger partial charge in [0.05, 0.1) is 12.4 Å². The maximum absolute atomic E-state index is 12.0. The summed E-state index contributed by atoms with van der Waals surface area (Å²) in [6.07, 6.45) is 3.78. The van der Waals surface area contributed by atoms with Gasteiger partial charge in [0.2, 0.25) is 0 Å². The number of carbonyl (C=O) groups is 1. The molecule has 0 fully saturated rings. The number of amides is 1. The molecule has 1 aromatic rings. The minimum absolute atomic E-state index is 0.154. The van der Waals surface area contributed by atoms with E-state index in [2.05, 4.69) is 15.4 Å². The SMILES string of the molecule is CCC(C)N(C)C(=O)c1cncc(NN)n1. The van der Waals surface area contributed by atoms with Crippen molar-refractivity contribution in [2.24, 2.45) is 5.84 Å². The molecule has 88 valence electrons. The van der Waals surface area contributed by atoms with Crippen molar-refractivity contribution >= 4 is 11.7 Å². The second-order valence-corrected chi connectivity index (χ2v) is 3.61. The highest BCUT2D eigenvalue weighted by Gasteiger charge is 2.17. The summed E-state index contributed by atoms with van der Waals surface area (Å²) in [4.78, 5) is 21.5. The van der Waals surface area contributed by atoms with Crippen LogP contribution in [0.1, 0.15) is 30.8 Å². The minimum atomic E-state index is -0.154. The molecule has 0 spiro atoms. The van der Waals surface area contributed by atoms with Crippen LogP contribution < -0.4 is 11.3 Å². The number of hydrazine groups is 1. The molecule has 0 saturated carbocycles. The van der Waals surface area contributed by atoms with Crippen molar-refractivity contribution in [2.75, 3.05) is 12.5 Å². The summed E-state index contributed by atoms with van der Waals surface area (Å²) in [5.41, 5.74) is 2.65. The van der Waals surface area contributed by atoms with Crippen molar-refractivity contribution in [2.45, 2.75) is 26.3 Å². The molecule has 6 nitrogen and oxygen atoms in total. The van der Waals surface area contributed by atoms with Gasteiger partial charge in [-0.15, -0.1) is 0 Å². The molecule has 0 aliphatic carbocycles. The number of aromatic nitrogens is 2. The summed E-state index contributed by atoms with van der Waals surface area (Å²) in [5, 5.41) is 0. The van der Waals surface area contributed by atoms with E-state index in [-0.39, 0.29) is 11.9 Å². The quantitative estimate of drug-likeness (QED) is 0.578. The zero-order valence-electron chi connectivity index (χ0n) is 9.77. The number of nitrogens with zero attached hydrogens (tertiary/aromatic N) is 3. The Labute approximate surface area is 94.8 Å². The van der Waals surface area contributed by atoms with Crippen LogP contribution in [-0.4, -0.2) is 33.9 Å². The maximum Gasteiger partial charge on any atom is 0.274 e. The fourth-order valence-corrected chi connectivity index (χ4v) is 1.19. The van der Waals surface area contributed by atoms with Gasteiger partial charge in [0.25, 0.3) is 5.91 Å². The second-order valence-electron chi connectivity index (χ2n) is 3.61. The number of nitrogen functional groups attached to an aromatic ring is 1. The van der Waals surface area contributed by atoms with Gasteiger partial charge >= 0.3 is 0 Å². The Morgan fingerprint density at radius 2 is 2.31 bits per heavy atom. The first kappa shape index (κ1) is 12.4. The van der Waals surface area contributed by atoms with Gasteiger partial charge in [-0.3, -0.25) is 9.78 Å². The van der Waals surface area contributed by atoms with E-state index >= 15 is 0 Å². The van der Waals surface area contributed by atoms with Crippen molar-refractivity contribution in [3.63, 3.8) is 0 Å². The largest absolute Gasteiger partial charge is 0.338 e. The zero-order valence-corrected chi connectivity index (χ0v) is 9.77. The number of nitrogens with one attached hydrogen (secondary N) is 1. The van der Waals surface area contributed by atoms with Gasteiger partial charge < -0.3 is 10.3 Å². The molecular formula is C10H17N5O. The molecule has 1 aromatic heterocycles. The first-order valence-electron chi connectivity index (χ1n) is 5.16. The molecule has 0 radical (unpaired) electrons. The Bertz CT molecular complexity index is 368. The van der Waals surface area contributed by atoms with Gasteiger partial charge in [-0.05, 0) is 13.3 Å². The van der Waals surface area contributed by atoms with Crippen LogP contribution in [0.4, 0.5) is 5.82 Å². The van der Waals surface area contributed by atoms with E-state index in [4.69, 9.17) is 5.84 Å². The molecule has 6 heteroatoms. The summed E-state index contributed by atoms with van der Waals surface area (Å²) in [6, 6.07) is 0.170. The van der Waals surface area contributed by atoms with E-state index in [0.717, 1.165) is 6.42 Å². The lowest BCUT2D eigenvalue weighted by Gasteiger charge is -2.23. The number of hydrogen-bond donors (Lipinski definition) is 2. The summed E-state index contributed by atoms with van der Waals surface area (Å²) >= 11 is 0. The molecule has 1 amide bonds. The van der Waals surface area contributed by atoms with E-state index < -0.39 is 0 Å². The average Bonchev–Trinajstić information content (AvgIpc) is 2.36. The third kappa shape index (κ3) is 2.66. The number of anilines is 1. The maximum atomic E-state index is 12.0.